The second kappa shape index (κ2) is 8.03. The number of amides is 2. The van der Waals surface area contributed by atoms with Gasteiger partial charge >= 0.3 is 6.03 Å². The standard InChI is InChI=1S/C17H26N2O2/c1-13-6-8-14(9-7-13)10-18-17(21)19-11-15-4-2-3-5-16(15)12-20/h2-5,13-14,20H,6-12H2,1H3,(H2,18,19,21). The highest BCUT2D eigenvalue weighted by Gasteiger charge is 2.18. The number of rotatable bonds is 5. The zero-order valence-electron chi connectivity index (χ0n) is 12.8. The summed E-state index contributed by atoms with van der Waals surface area (Å²) in [6.07, 6.45) is 4.99. The van der Waals surface area contributed by atoms with Crippen LogP contribution in [-0.4, -0.2) is 17.7 Å². The fourth-order valence-corrected chi connectivity index (χ4v) is 2.89. The zero-order chi connectivity index (χ0) is 15.1. The van der Waals surface area contributed by atoms with Crippen molar-refractivity contribution in [3.8, 4) is 0 Å². The van der Waals surface area contributed by atoms with Gasteiger partial charge in [0, 0.05) is 13.1 Å². The molecule has 116 valence electrons. The first kappa shape index (κ1) is 15.8. The van der Waals surface area contributed by atoms with Gasteiger partial charge in [0.25, 0.3) is 0 Å². The van der Waals surface area contributed by atoms with Crippen LogP contribution in [0.2, 0.25) is 0 Å². The molecule has 1 fully saturated rings. The number of carbonyl (C=O) groups is 1. The molecule has 1 aliphatic carbocycles. The Morgan fingerprint density at radius 1 is 1.14 bits per heavy atom. The minimum atomic E-state index is -0.124. The fraction of sp³-hybridized carbons (Fsp3) is 0.588. The lowest BCUT2D eigenvalue weighted by molar-refractivity contribution is 0.232. The number of benzene rings is 1. The van der Waals surface area contributed by atoms with Crippen molar-refractivity contribution in [3.63, 3.8) is 0 Å². The van der Waals surface area contributed by atoms with Crippen LogP contribution >= 0.6 is 0 Å². The molecule has 4 nitrogen and oxygen atoms in total. The molecule has 0 spiro atoms. The molecule has 0 heterocycles. The molecular weight excluding hydrogens is 264 g/mol. The molecule has 2 rings (SSSR count). The summed E-state index contributed by atoms with van der Waals surface area (Å²) in [6, 6.07) is 7.48. The van der Waals surface area contributed by atoms with Crippen LogP contribution in [0.25, 0.3) is 0 Å². The molecule has 4 heteroatoms. The highest BCUT2D eigenvalue weighted by Crippen LogP contribution is 2.27. The topological polar surface area (TPSA) is 61.4 Å². The van der Waals surface area contributed by atoms with Crippen LogP contribution in [0.5, 0.6) is 0 Å². The van der Waals surface area contributed by atoms with E-state index in [9.17, 15) is 9.90 Å². The lowest BCUT2D eigenvalue weighted by Gasteiger charge is -2.26. The predicted octanol–water partition coefficient (Wildman–Crippen LogP) is 2.80. The van der Waals surface area contributed by atoms with Gasteiger partial charge in [0.2, 0.25) is 0 Å². The smallest absolute Gasteiger partial charge is 0.315 e. The summed E-state index contributed by atoms with van der Waals surface area (Å²) in [5.74, 6) is 1.46. The van der Waals surface area contributed by atoms with Crippen molar-refractivity contribution in [2.45, 2.75) is 45.8 Å². The number of carbonyl (C=O) groups excluding carboxylic acids is 1. The monoisotopic (exact) mass is 290 g/mol. The molecule has 3 N–H and O–H groups in total. The third-order valence-corrected chi connectivity index (χ3v) is 4.41. The maximum atomic E-state index is 11.8. The molecule has 0 saturated heterocycles. The minimum absolute atomic E-state index is 0.000267. The van der Waals surface area contributed by atoms with Gasteiger partial charge in [0.1, 0.15) is 0 Å². The van der Waals surface area contributed by atoms with Gasteiger partial charge in [-0.15, -0.1) is 0 Å². The van der Waals surface area contributed by atoms with Gasteiger partial charge in [-0.05, 0) is 35.8 Å². The maximum Gasteiger partial charge on any atom is 0.315 e. The van der Waals surface area contributed by atoms with Crippen LogP contribution in [0.15, 0.2) is 24.3 Å². The number of aliphatic hydroxyl groups is 1. The Morgan fingerprint density at radius 2 is 1.81 bits per heavy atom. The van der Waals surface area contributed by atoms with Gasteiger partial charge < -0.3 is 15.7 Å². The summed E-state index contributed by atoms with van der Waals surface area (Å²) in [6.45, 7) is 3.51. The van der Waals surface area contributed by atoms with Gasteiger partial charge in [0.15, 0.2) is 0 Å². The minimum Gasteiger partial charge on any atom is -0.392 e. The second-order valence-electron chi connectivity index (χ2n) is 6.12. The van der Waals surface area contributed by atoms with E-state index in [0.29, 0.717) is 12.5 Å². The van der Waals surface area contributed by atoms with E-state index < -0.39 is 0 Å². The molecule has 2 amide bonds. The lowest BCUT2D eigenvalue weighted by Crippen LogP contribution is -2.38. The summed E-state index contributed by atoms with van der Waals surface area (Å²) < 4.78 is 0. The number of nitrogens with one attached hydrogen (secondary N) is 2. The largest absolute Gasteiger partial charge is 0.392 e. The average Bonchev–Trinajstić information content (AvgIpc) is 2.52. The van der Waals surface area contributed by atoms with E-state index >= 15 is 0 Å². The van der Waals surface area contributed by atoms with E-state index in [4.69, 9.17) is 0 Å². The number of hydrogen-bond acceptors (Lipinski definition) is 2. The number of urea groups is 1. The van der Waals surface area contributed by atoms with E-state index in [2.05, 4.69) is 17.6 Å². The fourth-order valence-electron chi connectivity index (χ4n) is 2.89. The Bertz CT molecular complexity index is 454. The molecule has 0 bridgehead atoms. The SMILES string of the molecule is CC1CCC(CNC(=O)NCc2ccccc2CO)CC1. The first-order valence-electron chi connectivity index (χ1n) is 7.88. The van der Waals surface area contributed by atoms with Gasteiger partial charge in [-0.1, -0.05) is 44.0 Å². The van der Waals surface area contributed by atoms with Gasteiger partial charge in [-0.25, -0.2) is 4.79 Å². The van der Waals surface area contributed by atoms with Crippen molar-refractivity contribution in [3.05, 3.63) is 35.4 Å². The van der Waals surface area contributed by atoms with E-state index in [1.807, 2.05) is 24.3 Å². The van der Waals surface area contributed by atoms with Crippen LogP contribution in [0.3, 0.4) is 0 Å². The molecule has 1 aliphatic rings. The summed E-state index contributed by atoms with van der Waals surface area (Å²) in [5, 5.41) is 15.1. The van der Waals surface area contributed by atoms with E-state index in [1.165, 1.54) is 25.7 Å². The van der Waals surface area contributed by atoms with E-state index in [0.717, 1.165) is 23.6 Å². The van der Waals surface area contributed by atoms with Crippen molar-refractivity contribution >= 4 is 6.03 Å². The van der Waals surface area contributed by atoms with E-state index in [-0.39, 0.29) is 12.6 Å². The Hall–Kier alpha value is -1.55. The second-order valence-corrected chi connectivity index (χ2v) is 6.12. The normalized spacial score (nSPS) is 21.8. The van der Waals surface area contributed by atoms with Crippen molar-refractivity contribution in [2.24, 2.45) is 11.8 Å². The van der Waals surface area contributed by atoms with E-state index in [1.54, 1.807) is 0 Å². The highest BCUT2D eigenvalue weighted by atomic mass is 16.3. The van der Waals surface area contributed by atoms with Crippen molar-refractivity contribution < 1.29 is 9.90 Å². The van der Waals surface area contributed by atoms with Gasteiger partial charge in [-0.3, -0.25) is 0 Å². The molecule has 0 radical (unpaired) electrons. The van der Waals surface area contributed by atoms with Crippen molar-refractivity contribution in [2.75, 3.05) is 6.54 Å². The predicted molar refractivity (Wildman–Crippen MR) is 83.7 cm³/mol. The Morgan fingerprint density at radius 3 is 2.48 bits per heavy atom. The third-order valence-electron chi connectivity index (χ3n) is 4.41. The summed E-state index contributed by atoms with van der Waals surface area (Å²) >= 11 is 0. The van der Waals surface area contributed by atoms with Gasteiger partial charge in [-0.2, -0.15) is 0 Å². The van der Waals surface area contributed by atoms with Crippen LogP contribution in [0.4, 0.5) is 4.79 Å². The third kappa shape index (κ3) is 5.05. The molecule has 1 aromatic carbocycles. The molecule has 21 heavy (non-hydrogen) atoms. The molecule has 0 aliphatic heterocycles. The summed E-state index contributed by atoms with van der Waals surface area (Å²) in [4.78, 5) is 11.8. The molecular formula is C17H26N2O2. The summed E-state index contributed by atoms with van der Waals surface area (Å²) in [5.41, 5.74) is 1.82. The maximum absolute atomic E-state index is 11.8. The number of aliphatic hydroxyl groups excluding tert-OH is 1. The Kier molecular flexibility index (Phi) is 6.05. The molecule has 1 aromatic rings. The molecule has 1 saturated carbocycles. The van der Waals surface area contributed by atoms with Crippen LogP contribution in [0.1, 0.15) is 43.7 Å². The quantitative estimate of drug-likeness (QED) is 0.781. The van der Waals surface area contributed by atoms with Crippen molar-refractivity contribution in [1.29, 1.82) is 0 Å². The Balaban J connectivity index is 1.70. The zero-order valence-corrected chi connectivity index (χ0v) is 12.8. The average molecular weight is 290 g/mol. The van der Waals surface area contributed by atoms with Crippen LogP contribution in [0, 0.1) is 11.8 Å². The van der Waals surface area contributed by atoms with Gasteiger partial charge in [0.05, 0.1) is 6.61 Å². The van der Waals surface area contributed by atoms with Crippen LogP contribution < -0.4 is 10.6 Å². The lowest BCUT2D eigenvalue weighted by atomic mass is 9.83. The Labute approximate surface area is 126 Å². The molecule has 0 atom stereocenters. The number of hydrogen-bond donors (Lipinski definition) is 3. The summed E-state index contributed by atoms with van der Waals surface area (Å²) in [7, 11) is 0. The van der Waals surface area contributed by atoms with Crippen molar-refractivity contribution in [1.82, 2.24) is 10.6 Å². The first-order valence-corrected chi connectivity index (χ1v) is 7.88. The molecule has 0 unspecified atom stereocenters. The molecule has 0 aromatic heterocycles. The highest BCUT2D eigenvalue weighted by molar-refractivity contribution is 5.73. The first-order chi connectivity index (χ1) is 10.2. The van der Waals surface area contributed by atoms with Crippen LogP contribution in [-0.2, 0) is 13.2 Å².